The predicted octanol–water partition coefficient (Wildman–Crippen LogP) is 1.06. The highest BCUT2D eigenvalue weighted by molar-refractivity contribution is 7.84. The lowest BCUT2D eigenvalue weighted by Gasteiger charge is -2.09. The van der Waals surface area contributed by atoms with E-state index >= 15 is 0 Å². The van der Waals surface area contributed by atoms with Crippen molar-refractivity contribution in [3.8, 4) is 11.5 Å². The minimum atomic E-state index is -4.00. The lowest BCUT2D eigenvalue weighted by molar-refractivity contribution is 0.307. The number of hydrogen-bond acceptors (Lipinski definition) is 4. The van der Waals surface area contributed by atoms with E-state index < -0.39 is 10.3 Å². The van der Waals surface area contributed by atoms with Crippen LogP contribution in [-0.4, -0.2) is 15.0 Å². The molecule has 0 aliphatic heterocycles. The van der Waals surface area contributed by atoms with Gasteiger partial charge in [-0.3, -0.25) is 0 Å². The van der Waals surface area contributed by atoms with Gasteiger partial charge in [0.25, 0.3) is 0 Å². The first kappa shape index (κ1) is 11.8. The average Bonchev–Trinajstić information content (AvgIpc) is 2.14. The summed E-state index contributed by atoms with van der Waals surface area (Å²) in [5.41, 5.74) is 0. The quantitative estimate of drug-likeness (QED) is 0.821. The molecule has 0 aliphatic carbocycles. The first-order valence-electron chi connectivity index (χ1n) is 4.47. The van der Waals surface area contributed by atoms with Crippen LogP contribution in [0.15, 0.2) is 24.3 Å². The van der Waals surface area contributed by atoms with Gasteiger partial charge in [0.05, 0.1) is 6.61 Å². The second-order valence-electron chi connectivity index (χ2n) is 2.87. The summed E-state index contributed by atoms with van der Waals surface area (Å²) in [6, 6.07) is 6.46. The van der Waals surface area contributed by atoms with Gasteiger partial charge in [-0.15, -0.1) is 0 Å². The van der Waals surface area contributed by atoms with Crippen molar-refractivity contribution in [1.82, 2.24) is 0 Å². The van der Waals surface area contributed by atoms with E-state index in [1.807, 2.05) is 6.92 Å². The third-order valence-corrected chi connectivity index (χ3v) is 1.93. The van der Waals surface area contributed by atoms with Crippen LogP contribution in [0, 0.1) is 0 Å². The number of para-hydroxylation sites is 2. The zero-order valence-corrected chi connectivity index (χ0v) is 9.16. The van der Waals surface area contributed by atoms with Gasteiger partial charge in [0.1, 0.15) is 0 Å². The monoisotopic (exact) mass is 231 g/mol. The van der Waals surface area contributed by atoms with Crippen molar-refractivity contribution in [2.45, 2.75) is 13.3 Å². The van der Waals surface area contributed by atoms with Crippen LogP contribution in [0.25, 0.3) is 0 Å². The minimum absolute atomic E-state index is 0.105. The molecule has 2 N–H and O–H groups in total. The Bertz CT molecular complexity index is 416. The maximum atomic E-state index is 10.7. The highest BCUT2D eigenvalue weighted by Crippen LogP contribution is 2.27. The molecule has 0 bridgehead atoms. The summed E-state index contributed by atoms with van der Waals surface area (Å²) in [5.74, 6) is 0.474. The highest BCUT2D eigenvalue weighted by atomic mass is 32.2. The molecule has 0 saturated carbocycles. The Morgan fingerprint density at radius 3 is 2.40 bits per heavy atom. The molecule has 0 unspecified atom stereocenters. The van der Waals surface area contributed by atoms with Gasteiger partial charge in [-0.05, 0) is 18.6 Å². The smallest absolute Gasteiger partial charge is 0.380 e. The van der Waals surface area contributed by atoms with Crippen molar-refractivity contribution in [3.05, 3.63) is 24.3 Å². The average molecular weight is 231 g/mol. The molecule has 0 saturated heterocycles. The molecule has 0 spiro atoms. The van der Waals surface area contributed by atoms with Crippen molar-refractivity contribution < 1.29 is 17.3 Å². The molecule has 5 nitrogen and oxygen atoms in total. The van der Waals surface area contributed by atoms with Crippen molar-refractivity contribution >= 4 is 10.3 Å². The largest absolute Gasteiger partial charge is 0.490 e. The summed E-state index contributed by atoms with van der Waals surface area (Å²) >= 11 is 0. The van der Waals surface area contributed by atoms with Crippen LogP contribution >= 0.6 is 0 Å². The summed E-state index contributed by atoms with van der Waals surface area (Å²) in [6.07, 6.45) is 0.823. The first-order chi connectivity index (χ1) is 7.03. The normalized spacial score (nSPS) is 11.1. The maximum absolute atomic E-state index is 10.7. The SMILES string of the molecule is CCCOc1ccccc1OS(N)(=O)=O. The Labute approximate surface area is 89.1 Å². The number of ether oxygens (including phenoxy) is 1. The van der Waals surface area contributed by atoms with Crippen molar-refractivity contribution in [2.75, 3.05) is 6.61 Å². The highest BCUT2D eigenvalue weighted by Gasteiger charge is 2.10. The van der Waals surface area contributed by atoms with Crippen LogP contribution < -0.4 is 14.1 Å². The molecule has 0 fully saturated rings. The Kier molecular flexibility index (Phi) is 3.93. The molecule has 0 atom stereocenters. The molecule has 1 aromatic carbocycles. The number of nitrogens with two attached hydrogens (primary N) is 1. The summed E-state index contributed by atoms with van der Waals surface area (Å²) in [4.78, 5) is 0. The van der Waals surface area contributed by atoms with Crippen LogP contribution in [0.2, 0.25) is 0 Å². The first-order valence-corrected chi connectivity index (χ1v) is 5.94. The summed E-state index contributed by atoms with van der Waals surface area (Å²) < 4.78 is 31.3. The summed E-state index contributed by atoms with van der Waals surface area (Å²) in [7, 11) is -4.00. The molecule has 0 aliphatic rings. The Morgan fingerprint density at radius 2 is 1.87 bits per heavy atom. The van der Waals surface area contributed by atoms with Gasteiger partial charge in [0, 0.05) is 0 Å². The van der Waals surface area contributed by atoms with E-state index in [1.165, 1.54) is 6.07 Å². The van der Waals surface area contributed by atoms with Crippen LogP contribution in [-0.2, 0) is 10.3 Å². The Morgan fingerprint density at radius 1 is 1.27 bits per heavy atom. The molecular weight excluding hydrogens is 218 g/mol. The third-order valence-electron chi connectivity index (χ3n) is 1.52. The fraction of sp³-hybridized carbons (Fsp3) is 0.333. The van der Waals surface area contributed by atoms with Gasteiger partial charge in [0.15, 0.2) is 11.5 Å². The van der Waals surface area contributed by atoms with E-state index in [9.17, 15) is 8.42 Å². The maximum Gasteiger partial charge on any atom is 0.380 e. The zero-order valence-electron chi connectivity index (χ0n) is 8.34. The molecule has 1 aromatic rings. The van der Waals surface area contributed by atoms with Gasteiger partial charge < -0.3 is 8.92 Å². The summed E-state index contributed by atoms with van der Waals surface area (Å²) in [6.45, 7) is 2.44. The van der Waals surface area contributed by atoms with Crippen LogP contribution in [0.3, 0.4) is 0 Å². The fourth-order valence-electron chi connectivity index (χ4n) is 0.975. The summed E-state index contributed by atoms with van der Waals surface area (Å²) in [5, 5.41) is 4.76. The fourth-order valence-corrected chi connectivity index (χ4v) is 1.36. The molecule has 0 aromatic heterocycles. The lowest BCUT2D eigenvalue weighted by atomic mass is 10.3. The van der Waals surface area contributed by atoms with E-state index in [2.05, 4.69) is 4.18 Å². The minimum Gasteiger partial charge on any atom is -0.490 e. The molecule has 84 valence electrons. The number of benzene rings is 1. The molecule has 15 heavy (non-hydrogen) atoms. The van der Waals surface area contributed by atoms with Gasteiger partial charge in [-0.25, -0.2) is 0 Å². The topological polar surface area (TPSA) is 78.6 Å². The van der Waals surface area contributed by atoms with E-state index in [4.69, 9.17) is 9.88 Å². The van der Waals surface area contributed by atoms with Crippen LogP contribution in [0.5, 0.6) is 11.5 Å². The van der Waals surface area contributed by atoms with Gasteiger partial charge in [-0.2, -0.15) is 13.6 Å². The Balaban J connectivity index is 2.86. The van der Waals surface area contributed by atoms with E-state index in [1.54, 1.807) is 18.2 Å². The molecular formula is C9H13NO4S. The lowest BCUT2D eigenvalue weighted by Crippen LogP contribution is -2.19. The molecule has 0 heterocycles. The van der Waals surface area contributed by atoms with Crippen molar-refractivity contribution in [2.24, 2.45) is 5.14 Å². The second kappa shape index (κ2) is 4.99. The standard InChI is InChI=1S/C9H13NO4S/c1-2-7-13-8-5-3-4-6-9(8)14-15(10,11)12/h3-6H,2,7H2,1H3,(H2,10,11,12). The van der Waals surface area contributed by atoms with Gasteiger partial charge in [0.2, 0.25) is 0 Å². The molecule has 0 radical (unpaired) electrons. The number of rotatable bonds is 5. The van der Waals surface area contributed by atoms with Crippen LogP contribution in [0.4, 0.5) is 0 Å². The van der Waals surface area contributed by atoms with Crippen LogP contribution in [0.1, 0.15) is 13.3 Å². The molecule has 0 amide bonds. The van der Waals surface area contributed by atoms with Crippen molar-refractivity contribution in [1.29, 1.82) is 0 Å². The van der Waals surface area contributed by atoms with Gasteiger partial charge >= 0.3 is 10.3 Å². The van der Waals surface area contributed by atoms with E-state index in [0.29, 0.717) is 12.4 Å². The zero-order chi connectivity index (χ0) is 11.3. The number of hydrogen-bond donors (Lipinski definition) is 1. The molecule has 1 rings (SSSR count). The van der Waals surface area contributed by atoms with Crippen molar-refractivity contribution in [3.63, 3.8) is 0 Å². The van der Waals surface area contributed by atoms with Gasteiger partial charge in [-0.1, -0.05) is 19.1 Å². The predicted molar refractivity (Wildman–Crippen MR) is 56.0 cm³/mol. The second-order valence-corrected chi connectivity index (χ2v) is 4.02. The third kappa shape index (κ3) is 4.18. The Hall–Kier alpha value is -1.27. The van der Waals surface area contributed by atoms with E-state index in [-0.39, 0.29) is 5.75 Å². The molecule has 6 heteroatoms. The van der Waals surface area contributed by atoms with E-state index in [0.717, 1.165) is 6.42 Å².